The lowest BCUT2D eigenvalue weighted by molar-refractivity contribution is 0.0962. The van der Waals surface area contributed by atoms with E-state index in [0.717, 1.165) is 10.2 Å². The van der Waals surface area contributed by atoms with E-state index in [0.29, 0.717) is 11.3 Å². The fourth-order valence-electron chi connectivity index (χ4n) is 1.82. The number of carbonyl (C=O) groups excluding carboxylic acids is 1. The van der Waals surface area contributed by atoms with Gasteiger partial charge in [0.15, 0.2) is 4.80 Å². The van der Waals surface area contributed by atoms with Crippen LogP contribution in [0.1, 0.15) is 10.6 Å². The van der Waals surface area contributed by atoms with E-state index in [1.54, 1.807) is 0 Å². The van der Waals surface area contributed by atoms with Crippen LogP contribution >= 0.6 is 11.3 Å². The number of nitrogens with zero attached hydrogens (tertiary/aromatic N) is 3. The van der Waals surface area contributed by atoms with Crippen LogP contribution in [-0.4, -0.2) is 15.6 Å². The molecule has 5 nitrogen and oxygen atoms in total. The van der Waals surface area contributed by atoms with Crippen molar-refractivity contribution in [1.82, 2.24) is 9.72 Å². The minimum Gasteiger partial charge on any atom is -0.351 e. The van der Waals surface area contributed by atoms with Crippen molar-refractivity contribution >= 4 is 27.5 Å². The predicted octanol–water partition coefficient (Wildman–Crippen LogP) is 2.07. The van der Waals surface area contributed by atoms with E-state index in [1.165, 1.54) is 23.6 Å². The number of amides is 1. The molecule has 0 spiro atoms. The molecule has 0 unspecified atom stereocenters. The zero-order chi connectivity index (χ0) is 13.9. The highest BCUT2D eigenvalue weighted by molar-refractivity contribution is 7.16. The highest BCUT2D eigenvalue weighted by Gasteiger charge is 2.10. The minimum absolute atomic E-state index is 0.106. The standard InChI is InChI=1S/C14H9N3O2S/c1-2-9-17-10-5-3-4-6-12(10)20-14(17)16-13(18)11-7-8-15-19-11/h1,3-8H,9H2. The molecule has 0 fully saturated rings. The molecule has 0 atom stereocenters. The number of aromatic nitrogens is 2. The molecule has 0 aliphatic heterocycles. The van der Waals surface area contributed by atoms with Crippen molar-refractivity contribution in [2.24, 2.45) is 4.99 Å². The lowest BCUT2D eigenvalue weighted by Crippen LogP contribution is -2.16. The quantitative estimate of drug-likeness (QED) is 0.676. The van der Waals surface area contributed by atoms with Gasteiger partial charge in [0, 0.05) is 6.07 Å². The summed E-state index contributed by atoms with van der Waals surface area (Å²) in [7, 11) is 0. The summed E-state index contributed by atoms with van der Waals surface area (Å²) in [6, 6.07) is 9.24. The second kappa shape index (κ2) is 5.15. The lowest BCUT2D eigenvalue weighted by atomic mass is 10.3. The summed E-state index contributed by atoms with van der Waals surface area (Å²) in [4.78, 5) is 16.6. The molecular formula is C14H9N3O2S. The first-order valence-corrected chi connectivity index (χ1v) is 6.63. The molecule has 2 aromatic heterocycles. The van der Waals surface area contributed by atoms with Crippen LogP contribution < -0.4 is 4.80 Å². The smallest absolute Gasteiger partial charge is 0.318 e. The van der Waals surface area contributed by atoms with Crippen molar-refractivity contribution in [2.75, 3.05) is 0 Å². The number of thiazole rings is 1. The zero-order valence-electron chi connectivity index (χ0n) is 10.3. The third-order valence-corrected chi connectivity index (χ3v) is 3.74. The van der Waals surface area contributed by atoms with Gasteiger partial charge in [-0.05, 0) is 12.1 Å². The topological polar surface area (TPSA) is 60.4 Å². The predicted molar refractivity (Wildman–Crippen MR) is 75.0 cm³/mol. The van der Waals surface area contributed by atoms with E-state index < -0.39 is 5.91 Å². The minimum atomic E-state index is -0.472. The van der Waals surface area contributed by atoms with Crippen molar-refractivity contribution in [3.63, 3.8) is 0 Å². The van der Waals surface area contributed by atoms with Gasteiger partial charge in [0.1, 0.15) is 0 Å². The number of terminal acetylenes is 1. The summed E-state index contributed by atoms with van der Waals surface area (Å²) in [6.07, 6.45) is 6.79. The Balaban J connectivity index is 2.18. The van der Waals surface area contributed by atoms with E-state index in [1.807, 2.05) is 28.8 Å². The molecule has 0 saturated carbocycles. The molecule has 3 aromatic rings. The molecule has 1 aromatic carbocycles. The van der Waals surface area contributed by atoms with Gasteiger partial charge in [-0.15, -0.1) is 6.42 Å². The van der Waals surface area contributed by atoms with Gasteiger partial charge in [-0.2, -0.15) is 4.99 Å². The fourth-order valence-corrected chi connectivity index (χ4v) is 2.85. The zero-order valence-corrected chi connectivity index (χ0v) is 11.1. The SMILES string of the molecule is C#CCn1c(=NC(=O)c2ccno2)sc2ccccc21. The maximum Gasteiger partial charge on any atom is 0.318 e. The summed E-state index contributed by atoms with van der Waals surface area (Å²) >= 11 is 1.41. The van der Waals surface area contributed by atoms with Crippen LogP contribution in [-0.2, 0) is 6.54 Å². The van der Waals surface area contributed by atoms with Crippen LogP contribution in [0.2, 0.25) is 0 Å². The van der Waals surface area contributed by atoms with Gasteiger partial charge in [-0.3, -0.25) is 4.79 Å². The lowest BCUT2D eigenvalue weighted by Gasteiger charge is -1.98. The Morgan fingerprint density at radius 3 is 3.05 bits per heavy atom. The molecule has 2 heterocycles. The molecule has 98 valence electrons. The highest BCUT2D eigenvalue weighted by Crippen LogP contribution is 2.16. The number of fused-ring (bicyclic) bond motifs is 1. The van der Waals surface area contributed by atoms with Gasteiger partial charge in [0.2, 0.25) is 5.76 Å². The number of hydrogen-bond donors (Lipinski definition) is 0. The second-order valence-electron chi connectivity index (χ2n) is 3.94. The van der Waals surface area contributed by atoms with E-state index >= 15 is 0 Å². The second-order valence-corrected chi connectivity index (χ2v) is 4.95. The molecule has 0 bridgehead atoms. The molecule has 1 amide bonds. The summed E-state index contributed by atoms with van der Waals surface area (Å²) in [6.45, 7) is 0.354. The number of para-hydroxylation sites is 1. The van der Waals surface area contributed by atoms with Gasteiger partial charge < -0.3 is 9.09 Å². The third-order valence-electron chi connectivity index (χ3n) is 2.68. The number of rotatable bonds is 2. The molecule has 0 saturated heterocycles. The Labute approximate surface area is 118 Å². The Morgan fingerprint density at radius 1 is 1.45 bits per heavy atom. The van der Waals surface area contributed by atoms with Gasteiger partial charge >= 0.3 is 5.91 Å². The van der Waals surface area contributed by atoms with Crippen molar-refractivity contribution < 1.29 is 9.32 Å². The van der Waals surface area contributed by atoms with Crippen molar-refractivity contribution in [3.8, 4) is 12.3 Å². The van der Waals surface area contributed by atoms with Crippen LogP contribution in [0.25, 0.3) is 10.2 Å². The number of hydrogen-bond acceptors (Lipinski definition) is 4. The van der Waals surface area contributed by atoms with Crippen molar-refractivity contribution in [3.05, 3.63) is 47.1 Å². The van der Waals surface area contributed by atoms with Gasteiger partial charge in [0.25, 0.3) is 0 Å². The maximum absolute atomic E-state index is 11.9. The van der Waals surface area contributed by atoms with E-state index in [-0.39, 0.29) is 5.76 Å². The average Bonchev–Trinajstić information content (AvgIpc) is 3.08. The normalized spacial score (nSPS) is 11.7. The van der Waals surface area contributed by atoms with E-state index in [4.69, 9.17) is 10.9 Å². The van der Waals surface area contributed by atoms with Gasteiger partial charge in [-0.1, -0.05) is 34.5 Å². The fraction of sp³-hybridized carbons (Fsp3) is 0.0714. The van der Waals surface area contributed by atoms with Crippen molar-refractivity contribution in [1.29, 1.82) is 0 Å². The van der Waals surface area contributed by atoms with Crippen LogP contribution in [0, 0.1) is 12.3 Å². The Morgan fingerprint density at radius 2 is 2.30 bits per heavy atom. The van der Waals surface area contributed by atoms with Gasteiger partial charge in [0.05, 0.1) is 23.0 Å². The molecule has 20 heavy (non-hydrogen) atoms. The average molecular weight is 283 g/mol. The number of benzene rings is 1. The van der Waals surface area contributed by atoms with E-state index in [2.05, 4.69) is 16.1 Å². The molecule has 0 aliphatic rings. The van der Waals surface area contributed by atoms with E-state index in [9.17, 15) is 4.79 Å². The number of carbonyl (C=O) groups is 1. The Kier molecular flexibility index (Phi) is 3.19. The highest BCUT2D eigenvalue weighted by atomic mass is 32.1. The molecule has 3 rings (SSSR count). The monoisotopic (exact) mass is 283 g/mol. The summed E-state index contributed by atoms with van der Waals surface area (Å²) in [5.74, 6) is 2.21. The maximum atomic E-state index is 11.9. The first-order chi connectivity index (χ1) is 9.79. The van der Waals surface area contributed by atoms with Gasteiger partial charge in [-0.25, -0.2) is 0 Å². The largest absolute Gasteiger partial charge is 0.351 e. The molecular weight excluding hydrogens is 274 g/mol. The first-order valence-electron chi connectivity index (χ1n) is 5.81. The van der Waals surface area contributed by atoms with Crippen LogP contribution in [0.5, 0.6) is 0 Å². The summed E-state index contributed by atoms with van der Waals surface area (Å²) in [5.41, 5.74) is 0.958. The van der Waals surface area contributed by atoms with Crippen molar-refractivity contribution in [2.45, 2.75) is 6.54 Å². The molecule has 0 N–H and O–H groups in total. The Bertz CT molecular complexity index is 866. The third kappa shape index (κ3) is 2.15. The van der Waals surface area contributed by atoms with Crippen LogP contribution in [0.4, 0.5) is 0 Å². The first kappa shape index (κ1) is 12.4. The summed E-state index contributed by atoms with van der Waals surface area (Å²) in [5, 5.41) is 3.49. The Hall–Kier alpha value is -2.65. The molecule has 0 aliphatic carbocycles. The van der Waals surface area contributed by atoms with Crippen LogP contribution in [0.3, 0.4) is 0 Å². The van der Waals surface area contributed by atoms with Crippen LogP contribution in [0.15, 0.2) is 46.0 Å². The summed E-state index contributed by atoms with van der Waals surface area (Å²) < 4.78 is 7.65. The molecule has 6 heteroatoms. The molecule has 0 radical (unpaired) electrons.